The standard InChI is InChI=1S/C15H26N4S/c1-5-7-16-14-13(6-2)15(18-10-17-14)19-8-9-20-12(4)11(19)3/h10-12H,5-9H2,1-4H3,(H,16,17,18). The summed E-state index contributed by atoms with van der Waals surface area (Å²) in [6.45, 7) is 11.0. The number of hydrogen-bond acceptors (Lipinski definition) is 5. The van der Waals surface area contributed by atoms with Crippen molar-refractivity contribution >= 4 is 23.4 Å². The Labute approximate surface area is 126 Å². The van der Waals surface area contributed by atoms with E-state index in [0.717, 1.165) is 37.6 Å². The van der Waals surface area contributed by atoms with Gasteiger partial charge in [0.05, 0.1) is 0 Å². The van der Waals surface area contributed by atoms with Crippen LogP contribution in [0, 0.1) is 0 Å². The summed E-state index contributed by atoms with van der Waals surface area (Å²) in [6, 6.07) is 0.521. The fourth-order valence-corrected chi connectivity index (χ4v) is 3.70. The van der Waals surface area contributed by atoms with Gasteiger partial charge in [-0.3, -0.25) is 0 Å². The molecular formula is C15H26N4S. The molecule has 0 bridgehead atoms. The third kappa shape index (κ3) is 3.19. The van der Waals surface area contributed by atoms with E-state index in [0.29, 0.717) is 11.3 Å². The van der Waals surface area contributed by atoms with E-state index < -0.39 is 0 Å². The lowest BCUT2D eigenvalue weighted by molar-refractivity contribution is 0.617. The first kappa shape index (κ1) is 15.4. The van der Waals surface area contributed by atoms with Crippen LogP contribution in [0.15, 0.2) is 6.33 Å². The third-order valence-corrected chi connectivity index (χ3v) is 5.31. The number of nitrogens with one attached hydrogen (secondary N) is 1. The van der Waals surface area contributed by atoms with E-state index >= 15 is 0 Å². The van der Waals surface area contributed by atoms with Crippen molar-refractivity contribution in [3.8, 4) is 0 Å². The van der Waals surface area contributed by atoms with Gasteiger partial charge in [-0.05, 0) is 19.8 Å². The number of anilines is 2. The monoisotopic (exact) mass is 294 g/mol. The van der Waals surface area contributed by atoms with Crippen LogP contribution in [0.2, 0.25) is 0 Å². The van der Waals surface area contributed by atoms with E-state index in [1.165, 1.54) is 11.3 Å². The quantitative estimate of drug-likeness (QED) is 0.903. The largest absolute Gasteiger partial charge is 0.370 e. The summed E-state index contributed by atoms with van der Waals surface area (Å²) in [6.07, 6.45) is 3.77. The van der Waals surface area contributed by atoms with Crippen LogP contribution in [-0.4, -0.2) is 40.1 Å². The third-order valence-electron chi connectivity index (χ3n) is 3.97. The lowest BCUT2D eigenvalue weighted by atomic mass is 10.1. The van der Waals surface area contributed by atoms with Gasteiger partial charge in [0, 0.05) is 35.7 Å². The van der Waals surface area contributed by atoms with Gasteiger partial charge in [-0.1, -0.05) is 20.8 Å². The summed E-state index contributed by atoms with van der Waals surface area (Å²) >= 11 is 2.06. The van der Waals surface area contributed by atoms with Gasteiger partial charge in [-0.15, -0.1) is 0 Å². The first-order valence-electron chi connectivity index (χ1n) is 7.65. The molecule has 0 radical (unpaired) electrons. The minimum absolute atomic E-state index is 0.521. The second-order valence-electron chi connectivity index (χ2n) is 5.31. The van der Waals surface area contributed by atoms with Gasteiger partial charge >= 0.3 is 0 Å². The molecule has 1 N–H and O–H groups in total. The van der Waals surface area contributed by atoms with Crippen LogP contribution >= 0.6 is 11.8 Å². The number of aromatic nitrogens is 2. The molecule has 2 heterocycles. The Hall–Kier alpha value is -0.970. The van der Waals surface area contributed by atoms with Crippen molar-refractivity contribution < 1.29 is 0 Å². The molecule has 1 saturated heterocycles. The summed E-state index contributed by atoms with van der Waals surface area (Å²) in [5.41, 5.74) is 1.26. The van der Waals surface area contributed by atoms with Gasteiger partial charge in [0.2, 0.25) is 0 Å². The molecule has 0 spiro atoms. The Balaban J connectivity index is 2.30. The van der Waals surface area contributed by atoms with Crippen LogP contribution in [-0.2, 0) is 6.42 Å². The predicted octanol–water partition coefficient (Wildman–Crippen LogP) is 3.19. The highest BCUT2D eigenvalue weighted by Gasteiger charge is 2.28. The van der Waals surface area contributed by atoms with Gasteiger partial charge in [0.1, 0.15) is 18.0 Å². The Morgan fingerprint density at radius 2 is 2.15 bits per heavy atom. The molecule has 0 saturated carbocycles. The van der Waals surface area contributed by atoms with Crippen molar-refractivity contribution in [3.05, 3.63) is 11.9 Å². The number of hydrogen-bond donors (Lipinski definition) is 1. The molecule has 0 amide bonds. The summed E-state index contributed by atoms with van der Waals surface area (Å²) < 4.78 is 0. The van der Waals surface area contributed by atoms with Crippen molar-refractivity contribution in [3.63, 3.8) is 0 Å². The second-order valence-corrected chi connectivity index (χ2v) is 6.80. The average molecular weight is 294 g/mol. The normalized spacial score (nSPS) is 22.9. The lowest BCUT2D eigenvalue weighted by Gasteiger charge is -2.39. The molecule has 112 valence electrons. The Morgan fingerprint density at radius 3 is 2.85 bits per heavy atom. The first-order chi connectivity index (χ1) is 9.69. The van der Waals surface area contributed by atoms with Crippen molar-refractivity contribution in [2.45, 2.75) is 51.8 Å². The van der Waals surface area contributed by atoms with Crippen LogP contribution in [0.25, 0.3) is 0 Å². The maximum absolute atomic E-state index is 4.59. The van der Waals surface area contributed by atoms with Crippen LogP contribution in [0.5, 0.6) is 0 Å². The van der Waals surface area contributed by atoms with E-state index in [9.17, 15) is 0 Å². The predicted molar refractivity (Wildman–Crippen MR) is 88.9 cm³/mol. The molecule has 1 aliphatic rings. The van der Waals surface area contributed by atoms with E-state index in [-0.39, 0.29) is 0 Å². The summed E-state index contributed by atoms with van der Waals surface area (Å²) in [7, 11) is 0. The molecule has 1 aromatic heterocycles. The SMILES string of the molecule is CCCNc1ncnc(N2CCSC(C)C2C)c1CC. The zero-order chi connectivity index (χ0) is 14.5. The molecule has 2 unspecified atom stereocenters. The van der Waals surface area contributed by atoms with E-state index in [2.05, 4.69) is 59.6 Å². The van der Waals surface area contributed by atoms with E-state index in [1.807, 2.05) is 0 Å². The molecule has 2 rings (SSSR count). The second kappa shape index (κ2) is 7.16. The van der Waals surface area contributed by atoms with E-state index in [1.54, 1.807) is 6.33 Å². The zero-order valence-electron chi connectivity index (χ0n) is 13.0. The fourth-order valence-electron chi connectivity index (χ4n) is 2.60. The summed E-state index contributed by atoms with van der Waals surface area (Å²) in [5, 5.41) is 4.08. The summed E-state index contributed by atoms with van der Waals surface area (Å²) in [4.78, 5) is 11.5. The minimum Gasteiger partial charge on any atom is -0.370 e. The molecule has 1 aromatic rings. The maximum atomic E-state index is 4.59. The van der Waals surface area contributed by atoms with Gasteiger partial charge in [-0.2, -0.15) is 11.8 Å². The zero-order valence-corrected chi connectivity index (χ0v) is 13.8. The van der Waals surface area contributed by atoms with Crippen LogP contribution < -0.4 is 10.2 Å². The Bertz CT molecular complexity index is 438. The number of rotatable bonds is 5. The van der Waals surface area contributed by atoms with Crippen LogP contribution in [0.3, 0.4) is 0 Å². The molecule has 1 aliphatic heterocycles. The molecule has 0 aromatic carbocycles. The lowest BCUT2D eigenvalue weighted by Crippen LogP contribution is -2.45. The van der Waals surface area contributed by atoms with Crippen LogP contribution in [0.1, 0.15) is 39.7 Å². The molecule has 20 heavy (non-hydrogen) atoms. The smallest absolute Gasteiger partial charge is 0.137 e. The Morgan fingerprint density at radius 1 is 1.35 bits per heavy atom. The highest BCUT2D eigenvalue weighted by molar-refractivity contribution is 8.00. The fraction of sp³-hybridized carbons (Fsp3) is 0.733. The minimum atomic E-state index is 0.521. The topological polar surface area (TPSA) is 41.1 Å². The van der Waals surface area contributed by atoms with Gasteiger partial charge in [-0.25, -0.2) is 9.97 Å². The summed E-state index contributed by atoms with van der Waals surface area (Å²) in [5.74, 6) is 3.31. The van der Waals surface area contributed by atoms with E-state index in [4.69, 9.17) is 0 Å². The average Bonchev–Trinajstić information content (AvgIpc) is 2.47. The van der Waals surface area contributed by atoms with Crippen LogP contribution in [0.4, 0.5) is 11.6 Å². The molecule has 5 heteroatoms. The van der Waals surface area contributed by atoms with Crippen molar-refractivity contribution in [1.29, 1.82) is 0 Å². The van der Waals surface area contributed by atoms with Gasteiger partial charge < -0.3 is 10.2 Å². The highest BCUT2D eigenvalue weighted by atomic mass is 32.2. The maximum Gasteiger partial charge on any atom is 0.137 e. The van der Waals surface area contributed by atoms with Crippen molar-refractivity contribution in [2.75, 3.05) is 29.1 Å². The molecule has 2 atom stereocenters. The highest BCUT2D eigenvalue weighted by Crippen LogP contribution is 2.32. The molecular weight excluding hydrogens is 268 g/mol. The van der Waals surface area contributed by atoms with Gasteiger partial charge in [0.25, 0.3) is 0 Å². The van der Waals surface area contributed by atoms with Crippen molar-refractivity contribution in [2.24, 2.45) is 0 Å². The Kier molecular flexibility index (Phi) is 5.52. The van der Waals surface area contributed by atoms with Gasteiger partial charge in [0.15, 0.2) is 0 Å². The molecule has 4 nitrogen and oxygen atoms in total. The van der Waals surface area contributed by atoms with Crippen molar-refractivity contribution in [1.82, 2.24) is 9.97 Å². The first-order valence-corrected chi connectivity index (χ1v) is 8.69. The number of nitrogens with zero attached hydrogens (tertiary/aromatic N) is 3. The number of thioether (sulfide) groups is 1. The molecule has 0 aliphatic carbocycles. The molecule has 1 fully saturated rings.